The molecule has 0 radical (unpaired) electrons. The molecule has 0 saturated heterocycles. The molecule has 7 nitrogen and oxygen atoms in total. The average molecular weight is 289 g/mol. The van der Waals surface area contributed by atoms with Crippen LogP contribution in [0.1, 0.15) is 5.56 Å². The zero-order chi connectivity index (χ0) is 15.5. The van der Waals surface area contributed by atoms with E-state index in [1.54, 1.807) is 12.1 Å². The number of allylic oxidation sites excluding steroid dienone is 1. The van der Waals surface area contributed by atoms with E-state index in [1.807, 2.05) is 18.2 Å². The number of nitrogens with two attached hydrogens (primary N) is 1. The fourth-order valence-corrected chi connectivity index (χ4v) is 2.19. The van der Waals surface area contributed by atoms with Crippen LogP contribution >= 0.6 is 0 Å². The van der Waals surface area contributed by atoms with Crippen LogP contribution in [0.4, 0.5) is 0 Å². The highest BCUT2D eigenvalue weighted by Crippen LogP contribution is 2.26. The number of benzene rings is 1. The normalized spacial score (nSPS) is 20.9. The number of hydrogen-bond donors (Lipinski definition) is 2. The Balaban J connectivity index is 2.51. The molecule has 21 heavy (non-hydrogen) atoms. The average Bonchev–Trinajstić information content (AvgIpc) is 2.49. The Labute approximate surface area is 121 Å². The summed E-state index contributed by atoms with van der Waals surface area (Å²) >= 11 is 0. The largest absolute Gasteiger partial charge is 0.466 e. The highest BCUT2D eigenvalue weighted by atomic mass is 16.6. The van der Waals surface area contributed by atoms with E-state index < -0.39 is 16.6 Å². The van der Waals surface area contributed by atoms with Crippen LogP contribution in [-0.4, -0.2) is 23.7 Å². The fourth-order valence-electron chi connectivity index (χ4n) is 2.19. The maximum absolute atomic E-state index is 12.0. The summed E-state index contributed by atoms with van der Waals surface area (Å²) in [6, 6.07) is 9.07. The molecule has 1 aromatic carbocycles. The highest BCUT2D eigenvalue weighted by Gasteiger charge is 2.45. The maximum Gasteiger partial charge on any atom is 0.351 e. The van der Waals surface area contributed by atoms with Crippen molar-refractivity contribution in [3.8, 4) is 0 Å². The van der Waals surface area contributed by atoms with Crippen molar-refractivity contribution < 1.29 is 14.5 Å². The van der Waals surface area contributed by atoms with Crippen molar-refractivity contribution in [1.82, 2.24) is 5.32 Å². The summed E-state index contributed by atoms with van der Waals surface area (Å²) in [5.41, 5.74) is 5.05. The topological polar surface area (TPSA) is 107 Å². The van der Waals surface area contributed by atoms with Crippen molar-refractivity contribution >= 4 is 5.97 Å². The van der Waals surface area contributed by atoms with E-state index in [-0.39, 0.29) is 17.7 Å². The minimum atomic E-state index is -1.75. The lowest BCUT2D eigenvalue weighted by atomic mass is 9.90. The first kappa shape index (κ1) is 14.7. The van der Waals surface area contributed by atoms with Gasteiger partial charge in [0.1, 0.15) is 0 Å². The molecule has 0 spiro atoms. The molecule has 0 fully saturated rings. The molecule has 2 rings (SSSR count). The van der Waals surface area contributed by atoms with Crippen molar-refractivity contribution in [3.63, 3.8) is 0 Å². The summed E-state index contributed by atoms with van der Waals surface area (Å²) < 4.78 is 4.67. The monoisotopic (exact) mass is 289 g/mol. The van der Waals surface area contributed by atoms with Gasteiger partial charge < -0.3 is 10.1 Å². The molecule has 0 saturated carbocycles. The summed E-state index contributed by atoms with van der Waals surface area (Å²) in [6.45, 7) is 0. The number of esters is 1. The standard InChI is InChI=1S/C14H15N3O4/c1-21-13(18)14(15)11(9-10-5-3-2-4-6-10)12(17(19)20)7-8-16-14/h2-8,16H,9,15H2,1H3. The SMILES string of the molecule is COC(=O)C1(N)NC=CC([N+](=O)[O-])=C1Cc1ccccc1. The van der Waals surface area contributed by atoms with Crippen molar-refractivity contribution in [1.29, 1.82) is 0 Å². The van der Waals surface area contributed by atoms with Crippen LogP contribution in [0.3, 0.4) is 0 Å². The van der Waals surface area contributed by atoms with Crippen LogP contribution in [0.5, 0.6) is 0 Å². The number of dihydropyridines is 1. The second-order valence-electron chi connectivity index (χ2n) is 4.56. The maximum atomic E-state index is 12.0. The minimum absolute atomic E-state index is 0.160. The van der Waals surface area contributed by atoms with Gasteiger partial charge >= 0.3 is 5.97 Å². The number of rotatable bonds is 4. The lowest BCUT2D eigenvalue weighted by molar-refractivity contribution is -0.421. The van der Waals surface area contributed by atoms with Crippen LogP contribution in [0.25, 0.3) is 0 Å². The van der Waals surface area contributed by atoms with Gasteiger partial charge in [-0.2, -0.15) is 0 Å². The number of nitro groups is 1. The van der Waals surface area contributed by atoms with E-state index in [0.717, 1.165) is 5.56 Å². The number of hydrogen-bond acceptors (Lipinski definition) is 6. The van der Waals surface area contributed by atoms with Crippen LogP contribution in [0, 0.1) is 10.1 Å². The third-order valence-corrected chi connectivity index (χ3v) is 3.27. The van der Waals surface area contributed by atoms with Gasteiger partial charge in [0.2, 0.25) is 5.66 Å². The number of nitrogens with zero attached hydrogens (tertiary/aromatic N) is 1. The number of carbonyl (C=O) groups excluding carboxylic acids is 1. The lowest BCUT2D eigenvalue weighted by Crippen LogP contribution is -2.61. The van der Waals surface area contributed by atoms with Crippen molar-refractivity contribution in [2.75, 3.05) is 7.11 Å². The Bertz CT molecular complexity index is 624. The van der Waals surface area contributed by atoms with Gasteiger partial charge in [0.15, 0.2) is 0 Å². The van der Waals surface area contributed by atoms with Crippen LogP contribution in [0.15, 0.2) is 53.9 Å². The van der Waals surface area contributed by atoms with Gasteiger partial charge in [-0.25, -0.2) is 4.79 Å². The van der Waals surface area contributed by atoms with E-state index in [2.05, 4.69) is 10.1 Å². The molecule has 7 heteroatoms. The number of methoxy groups -OCH3 is 1. The van der Waals surface area contributed by atoms with Gasteiger partial charge in [-0.15, -0.1) is 0 Å². The molecule has 0 amide bonds. The first-order valence-corrected chi connectivity index (χ1v) is 6.22. The number of carbonyl (C=O) groups is 1. The third-order valence-electron chi connectivity index (χ3n) is 3.27. The van der Waals surface area contributed by atoms with Gasteiger partial charge in [0, 0.05) is 18.7 Å². The van der Waals surface area contributed by atoms with Gasteiger partial charge in [0.05, 0.1) is 17.6 Å². The molecule has 1 aliphatic heterocycles. The molecule has 1 aliphatic rings. The molecular weight excluding hydrogens is 274 g/mol. The molecule has 0 aromatic heterocycles. The minimum Gasteiger partial charge on any atom is -0.466 e. The van der Waals surface area contributed by atoms with Crippen LogP contribution < -0.4 is 11.1 Å². The van der Waals surface area contributed by atoms with Crippen LogP contribution in [0.2, 0.25) is 0 Å². The zero-order valence-electron chi connectivity index (χ0n) is 11.4. The molecule has 1 atom stereocenters. The van der Waals surface area contributed by atoms with Crippen molar-refractivity contribution in [3.05, 3.63) is 69.6 Å². The molecule has 110 valence electrons. The molecule has 1 unspecified atom stereocenters. The Hall–Kier alpha value is -2.67. The van der Waals surface area contributed by atoms with Gasteiger partial charge in [0.25, 0.3) is 5.70 Å². The summed E-state index contributed by atoms with van der Waals surface area (Å²) in [7, 11) is 1.18. The first-order valence-electron chi connectivity index (χ1n) is 6.22. The van der Waals surface area contributed by atoms with Gasteiger partial charge in [-0.3, -0.25) is 15.8 Å². The van der Waals surface area contributed by atoms with E-state index >= 15 is 0 Å². The quantitative estimate of drug-likeness (QED) is 0.480. The van der Waals surface area contributed by atoms with E-state index in [0.29, 0.717) is 0 Å². The second-order valence-corrected chi connectivity index (χ2v) is 4.56. The first-order chi connectivity index (χ1) is 9.99. The van der Waals surface area contributed by atoms with Gasteiger partial charge in [-0.1, -0.05) is 30.3 Å². The van der Waals surface area contributed by atoms with E-state index in [1.165, 1.54) is 19.4 Å². The molecule has 0 aliphatic carbocycles. The van der Waals surface area contributed by atoms with Crippen LogP contribution in [-0.2, 0) is 16.0 Å². The highest BCUT2D eigenvalue weighted by molar-refractivity contribution is 5.85. The Morgan fingerprint density at radius 2 is 2.10 bits per heavy atom. The van der Waals surface area contributed by atoms with Gasteiger partial charge in [-0.05, 0) is 5.56 Å². The number of ether oxygens (including phenoxy) is 1. The Kier molecular flexibility index (Phi) is 4.04. The Morgan fingerprint density at radius 1 is 1.43 bits per heavy atom. The van der Waals surface area contributed by atoms with Crippen molar-refractivity contribution in [2.45, 2.75) is 12.1 Å². The Morgan fingerprint density at radius 3 is 2.67 bits per heavy atom. The summed E-state index contributed by atoms with van der Waals surface area (Å²) in [5.74, 6) is -0.780. The van der Waals surface area contributed by atoms with E-state index in [4.69, 9.17) is 5.73 Å². The molecule has 1 aromatic rings. The smallest absolute Gasteiger partial charge is 0.351 e. The second kappa shape index (κ2) is 5.76. The predicted octanol–water partition coefficient (Wildman–Crippen LogP) is 0.705. The summed E-state index contributed by atoms with van der Waals surface area (Å²) in [4.78, 5) is 22.6. The summed E-state index contributed by atoms with van der Waals surface area (Å²) in [6.07, 6.45) is 2.73. The zero-order valence-corrected chi connectivity index (χ0v) is 11.4. The predicted molar refractivity (Wildman–Crippen MR) is 75.4 cm³/mol. The third kappa shape index (κ3) is 2.77. The van der Waals surface area contributed by atoms with Crippen molar-refractivity contribution in [2.24, 2.45) is 5.73 Å². The lowest BCUT2D eigenvalue weighted by Gasteiger charge is -2.31. The molecule has 0 bridgehead atoms. The molecular formula is C14H15N3O4. The van der Waals surface area contributed by atoms with E-state index in [9.17, 15) is 14.9 Å². The fraction of sp³-hybridized carbons (Fsp3) is 0.214. The summed E-state index contributed by atoms with van der Waals surface area (Å²) in [5, 5.41) is 13.9. The molecule has 1 heterocycles. The molecule has 3 N–H and O–H groups in total. The number of nitrogens with one attached hydrogen (secondary N) is 1.